The van der Waals surface area contributed by atoms with Crippen LogP contribution in [0.3, 0.4) is 0 Å². The van der Waals surface area contributed by atoms with E-state index in [4.69, 9.17) is 9.15 Å². The first-order chi connectivity index (χ1) is 10.9. The molecule has 0 saturated carbocycles. The standard InChI is InChI=1S/C16H18N2O4S/c1-9-6-13(7-14(19)21-9)22-12-4-5-18(8-12)16(20)15-10(2)17-11(3)23-15/h6-7,12H,4-5,8H2,1-3H3. The lowest BCUT2D eigenvalue weighted by molar-refractivity contribution is 0.0776. The lowest BCUT2D eigenvalue weighted by Crippen LogP contribution is -2.30. The average molecular weight is 334 g/mol. The Bertz CT molecular complexity index is 796. The lowest BCUT2D eigenvalue weighted by atomic mass is 10.3. The highest BCUT2D eigenvalue weighted by Crippen LogP contribution is 2.23. The van der Waals surface area contributed by atoms with Crippen LogP contribution in [0.2, 0.25) is 0 Å². The van der Waals surface area contributed by atoms with Gasteiger partial charge in [-0.15, -0.1) is 11.3 Å². The molecule has 1 fully saturated rings. The van der Waals surface area contributed by atoms with Crippen molar-refractivity contribution in [1.29, 1.82) is 0 Å². The molecule has 0 aromatic carbocycles. The summed E-state index contributed by atoms with van der Waals surface area (Å²) in [6, 6.07) is 3.01. The van der Waals surface area contributed by atoms with Gasteiger partial charge in [0.1, 0.15) is 22.5 Å². The molecule has 1 aliphatic heterocycles. The van der Waals surface area contributed by atoms with E-state index in [9.17, 15) is 9.59 Å². The molecular weight excluding hydrogens is 316 g/mol. The number of aromatic nitrogens is 1. The maximum Gasteiger partial charge on any atom is 0.339 e. The fourth-order valence-electron chi connectivity index (χ4n) is 2.72. The van der Waals surface area contributed by atoms with Gasteiger partial charge in [0.15, 0.2) is 0 Å². The van der Waals surface area contributed by atoms with Crippen molar-refractivity contribution in [2.75, 3.05) is 13.1 Å². The molecule has 2 aromatic heterocycles. The van der Waals surface area contributed by atoms with E-state index in [1.54, 1.807) is 17.9 Å². The number of aryl methyl sites for hydroxylation is 3. The molecule has 1 saturated heterocycles. The van der Waals surface area contributed by atoms with Crippen LogP contribution in [0.25, 0.3) is 0 Å². The summed E-state index contributed by atoms with van der Waals surface area (Å²) in [5, 5.41) is 0.893. The van der Waals surface area contributed by atoms with Crippen LogP contribution in [0.1, 0.15) is 32.6 Å². The van der Waals surface area contributed by atoms with E-state index >= 15 is 0 Å². The average Bonchev–Trinajstić information content (AvgIpc) is 3.03. The van der Waals surface area contributed by atoms with Crippen LogP contribution in [0, 0.1) is 20.8 Å². The molecule has 2 aromatic rings. The molecule has 1 atom stereocenters. The van der Waals surface area contributed by atoms with Gasteiger partial charge < -0.3 is 14.1 Å². The monoisotopic (exact) mass is 334 g/mol. The van der Waals surface area contributed by atoms with Crippen molar-refractivity contribution in [3.63, 3.8) is 0 Å². The first-order valence-electron chi connectivity index (χ1n) is 7.44. The van der Waals surface area contributed by atoms with Crippen molar-refractivity contribution < 1.29 is 13.9 Å². The number of rotatable bonds is 3. The third-order valence-electron chi connectivity index (χ3n) is 3.70. The minimum atomic E-state index is -0.429. The van der Waals surface area contributed by atoms with Gasteiger partial charge in [0.2, 0.25) is 0 Å². The minimum Gasteiger partial charge on any atom is -0.488 e. The second-order valence-corrected chi connectivity index (χ2v) is 6.85. The number of carbonyl (C=O) groups is 1. The molecule has 0 bridgehead atoms. The van der Waals surface area contributed by atoms with E-state index in [0.29, 0.717) is 29.5 Å². The molecule has 0 radical (unpaired) electrons. The highest BCUT2D eigenvalue weighted by atomic mass is 32.1. The number of hydrogen-bond acceptors (Lipinski definition) is 6. The summed E-state index contributed by atoms with van der Waals surface area (Å²) in [4.78, 5) is 30.7. The maximum absolute atomic E-state index is 12.6. The van der Waals surface area contributed by atoms with E-state index in [1.165, 1.54) is 17.4 Å². The number of amides is 1. The molecule has 0 aliphatic carbocycles. The molecular formula is C16H18N2O4S. The van der Waals surface area contributed by atoms with Gasteiger partial charge in [-0.2, -0.15) is 0 Å². The Morgan fingerprint density at radius 3 is 2.83 bits per heavy atom. The van der Waals surface area contributed by atoms with Crippen LogP contribution in [-0.4, -0.2) is 35.0 Å². The third-order valence-corrected chi connectivity index (χ3v) is 4.76. The van der Waals surface area contributed by atoms with Gasteiger partial charge in [-0.25, -0.2) is 9.78 Å². The summed E-state index contributed by atoms with van der Waals surface area (Å²) in [6.45, 7) is 6.60. The quantitative estimate of drug-likeness (QED) is 0.861. The Hall–Kier alpha value is -2.15. The van der Waals surface area contributed by atoms with Gasteiger partial charge >= 0.3 is 5.63 Å². The van der Waals surface area contributed by atoms with Gasteiger partial charge in [0.05, 0.1) is 23.3 Å². The Labute approximate surface area is 137 Å². The third kappa shape index (κ3) is 3.44. The van der Waals surface area contributed by atoms with Crippen molar-refractivity contribution in [1.82, 2.24) is 9.88 Å². The summed E-state index contributed by atoms with van der Waals surface area (Å²) in [5.74, 6) is 1.00. The summed E-state index contributed by atoms with van der Waals surface area (Å²) in [7, 11) is 0. The number of nitrogens with zero attached hydrogens (tertiary/aromatic N) is 2. The Balaban J connectivity index is 1.67. The van der Waals surface area contributed by atoms with Crippen molar-refractivity contribution in [2.24, 2.45) is 0 Å². The molecule has 0 spiro atoms. The summed E-state index contributed by atoms with van der Waals surface area (Å²) >= 11 is 1.42. The van der Waals surface area contributed by atoms with Gasteiger partial charge in [-0.1, -0.05) is 0 Å². The van der Waals surface area contributed by atoms with Crippen LogP contribution >= 0.6 is 11.3 Å². The zero-order valence-electron chi connectivity index (χ0n) is 13.3. The Morgan fingerprint density at radius 1 is 1.39 bits per heavy atom. The molecule has 122 valence electrons. The zero-order chi connectivity index (χ0) is 16.6. The summed E-state index contributed by atoms with van der Waals surface area (Å²) in [6.07, 6.45) is 0.622. The topological polar surface area (TPSA) is 72.6 Å². The van der Waals surface area contributed by atoms with E-state index in [2.05, 4.69) is 4.98 Å². The molecule has 1 amide bonds. The van der Waals surface area contributed by atoms with E-state index in [0.717, 1.165) is 17.1 Å². The Morgan fingerprint density at radius 2 is 2.17 bits per heavy atom. The first-order valence-corrected chi connectivity index (χ1v) is 8.26. The van der Waals surface area contributed by atoms with E-state index in [-0.39, 0.29) is 12.0 Å². The van der Waals surface area contributed by atoms with Gasteiger partial charge in [-0.3, -0.25) is 4.79 Å². The lowest BCUT2D eigenvalue weighted by Gasteiger charge is -2.16. The number of hydrogen-bond donors (Lipinski definition) is 0. The largest absolute Gasteiger partial charge is 0.488 e. The maximum atomic E-state index is 12.6. The van der Waals surface area contributed by atoms with Crippen LogP contribution in [0.4, 0.5) is 0 Å². The fourth-order valence-corrected chi connectivity index (χ4v) is 3.61. The highest BCUT2D eigenvalue weighted by Gasteiger charge is 2.30. The van der Waals surface area contributed by atoms with Crippen molar-refractivity contribution >= 4 is 17.2 Å². The second-order valence-electron chi connectivity index (χ2n) is 5.65. The van der Waals surface area contributed by atoms with Crippen LogP contribution in [0.5, 0.6) is 5.75 Å². The minimum absolute atomic E-state index is 0.00274. The predicted octanol–water partition coefficient (Wildman–Crippen LogP) is 2.32. The van der Waals surface area contributed by atoms with Gasteiger partial charge in [-0.05, 0) is 20.8 Å². The predicted molar refractivity (Wildman–Crippen MR) is 86.2 cm³/mol. The van der Waals surface area contributed by atoms with Crippen molar-refractivity contribution in [3.8, 4) is 5.75 Å². The number of carbonyl (C=O) groups excluding carboxylic acids is 1. The van der Waals surface area contributed by atoms with Crippen LogP contribution in [-0.2, 0) is 0 Å². The number of thiazole rings is 1. The molecule has 23 heavy (non-hydrogen) atoms. The first kappa shape index (κ1) is 15.7. The van der Waals surface area contributed by atoms with Crippen molar-refractivity contribution in [2.45, 2.75) is 33.3 Å². The van der Waals surface area contributed by atoms with E-state index in [1.807, 2.05) is 13.8 Å². The molecule has 1 aliphatic rings. The SMILES string of the molecule is Cc1cc(OC2CCN(C(=O)c3sc(C)nc3C)C2)cc(=O)o1. The molecule has 3 rings (SSSR count). The van der Waals surface area contributed by atoms with Crippen LogP contribution in [0.15, 0.2) is 21.3 Å². The molecule has 6 nitrogen and oxygen atoms in total. The molecule has 3 heterocycles. The molecule has 1 unspecified atom stereocenters. The molecule has 7 heteroatoms. The summed E-state index contributed by atoms with van der Waals surface area (Å²) in [5.41, 5.74) is 0.347. The smallest absolute Gasteiger partial charge is 0.339 e. The van der Waals surface area contributed by atoms with Crippen LogP contribution < -0.4 is 10.4 Å². The van der Waals surface area contributed by atoms with Gasteiger partial charge in [0.25, 0.3) is 5.91 Å². The summed E-state index contributed by atoms with van der Waals surface area (Å²) < 4.78 is 10.7. The van der Waals surface area contributed by atoms with E-state index < -0.39 is 5.63 Å². The fraction of sp³-hybridized carbons (Fsp3) is 0.438. The number of likely N-dealkylation sites (tertiary alicyclic amines) is 1. The van der Waals surface area contributed by atoms with Gasteiger partial charge in [0, 0.05) is 19.0 Å². The van der Waals surface area contributed by atoms with Crippen molar-refractivity contribution in [3.05, 3.63) is 43.9 Å². The normalized spacial score (nSPS) is 17.5. The number of ether oxygens (including phenoxy) is 1. The Kier molecular flexibility index (Phi) is 4.21. The molecule has 0 N–H and O–H groups in total. The second kappa shape index (κ2) is 6.16. The highest BCUT2D eigenvalue weighted by molar-refractivity contribution is 7.13. The zero-order valence-corrected chi connectivity index (χ0v) is 14.1.